The molecule has 0 saturated carbocycles. The van der Waals surface area contributed by atoms with Crippen molar-refractivity contribution >= 4 is 218 Å². The predicted octanol–water partition coefficient (Wildman–Crippen LogP) is 16.3. The SMILES string of the molecule is Br.Br.C.Clc1ccc(CN2CN=C(SCc3cc(Cl)c(Cl)cc3CSC3=NCN(Cc4ccc(Cl)c(Cl)c4)CN3)NC2)cc1Cl.N=C(N)SCc1cc(Cl)c(Cl)cc1CSC(=N)N.NCc1ccc(Cl)c(Cl)c1. The minimum atomic E-state index is 0. The molecule has 0 amide bonds. The molecule has 0 atom stereocenters. The van der Waals surface area contributed by atoms with Crippen molar-refractivity contribution in [3.63, 3.8) is 0 Å². The lowest BCUT2D eigenvalue weighted by molar-refractivity contribution is 0.258. The van der Waals surface area contributed by atoms with Gasteiger partial charge in [-0.3, -0.25) is 20.6 Å². The summed E-state index contributed by atoms with van der Waals surface area (Å²) in [6, 6.07) is 24.2. The minimum Gasteiger partial charge on any atom is -0.379 e. The number of rotatable bonds is 13. The van der Waals surface area contributed by atoms with Crippen molar-refractivity contribution in [2.24, 2.45) is 27.2 Å². The average molecular weight is 1400 g/mol. The molecular weight excluding hydrogens is 1350 g/mol. The number of hydrogen-bond acceptors (Lipinski definition) is 13. The Morgan fingerprint density at radius 2 is 0.781 bits per heavy atom. The van der Waals surface area contributed by atoms with Crippen LogP contribution in [-0.2, 0) is 42.6 Å². The maximum Gasteiger partial charge on any atom is 0.159 e. The van der Waals surface area contributed by atoms with Gasteiger partial charge >= 0.3 is 0 Å². The fourth-order valence-corrected chi connectivity index (χ4v) is 10.8. The van der Waals surface area contributed by atoms with Gasteiger partial charge in [0.2, 0.25) is 0 Å². The summed E-state index contributed by atoms with van der Waals surface area (Å²) in [6.07, 6.45) is 0. The third kappa shape index (κ3) is 23.5. The first-order chi connectivity index (χ1) is 33.4. The van der Waals surface area contributed by atoms with Crippen LogP contribution in [0, 0.1) is 10.8 Å². The Balaban J connectivity index is 0.000000486. The summed E-state index contributed by atoms with van der Waals surface area (Å²) in [5.41, 5.74) is 23.3. The van der Waals surface area contributed by atoms with Gasteiger partial charge in [-0.15, -0.1) is 34.0 Å². The van der Waals surface area contributed by atoms with Gasteiger partial charge in [0.15, 0.2) is 20.7 Å². The minimum absolute atomic E-state index is 0. The van der Waals surface area contributed by atoms with E-state index in [0.29, 0.717) is 106 Å². The van der Waals surface area contributed by atoms with E-state index in [-0.39, 0.29) is 51.7 Å². The number of benzene rings is 5. The normalized spacial score (nSPS) is 13.1. The van der Waals surface area contributed by atoms with E-state index < -0.39 is 0 Å². The van der Waals surface area contributed by atoms with Crippen LogP contribution >= 0.6 is 197 Å². The first kappa shape index (κ1) is 68.2. The molecule has 2 aliphatic rings. The highest BCUT2D eigenvalue weighted by Crippen LogP contribution is 2.33. The molecule has 0 fully saturated rings. The van der Waals surface area contributed by atoms with E-state index in [1.54, 1.807) is 47.8 Å². The number of amidine groups is 4. The quantitative estimate of drug-likeness (QED) is 0.0440. The van der Waals surface area contributed by atoms with Crippen molar-refractivity contribution in [2.45, 2.75) is 50.1 Å². The second-order valence-corrected chi connectivity index (χ2v) is 23.0. The third-order valence-corrected chi connectivity index (χ3v) is 16.9. The Morgan fingerprint density at radius 1 is 0.479 bits per heavy atom. The summed E-state index contributed by atoms with van der Waals surface area (Å²) in [7, 11) is 0. The zero-order valence-electron chi connectivity index (χ0n) is 37.5. The first-order valence-corrected chi connectivity index (χ1v) is 28.3. The van der Waals surface area contributed by atoms with Crippen molar-refractivity contribution < 1.29 is 0 Å². The largest absolute Gasteiger partial charge is 0.379 e. The van der Waals surface area contributed by atoms with Crippen LogP contribution in [0.1, 0.15) is 46.4 Å². The van der Waals surface area contributed by atoms with Gasteiger partial charge in [0.1, 0.15) is 0 Å². The molecule has 0 aliphatic carbocycles. The van der Waals surface area contributed by atoms with Crippen molar-refractivity contribution in [2.75, 3.05) is 26.7 Å². The zero-order valence-corrected chi connectivity index (χ0v) is 51.8. The van der Waals surface area contributed by atoms with Crippen LogP contribution in [0.15, 0.2) is 88.8 Å². The van der Waals surface area contributed by atoms with Crippen LogP contribution in [0.5, 0.6) is 0 Å². The molecule has 73 heavy (non-hydrogen) atoms. The fourth-order valence-electron chi connectivity index (χ4n) is 6.16. The Labute approximate surface area is 515 Å². The Hall–Kier alpha value is -0.880. The van der Waals surface area contributed by atoms with Crippen LogP contribution in [0.3, 0.4) is 0 Å². The average Bonchev–Trinajstić information content (AvgIpc) is 3.33. The molecule has 0 aromatic heterocycles. The molecule has 0 radical (unpaired) electrons. The second-order valence-electron chi connectivity index (χ2n) is 14.9. The number of halogens is 12. The van der Waals surface area contributed by atoms with E-state index >= 15 is 0 Å². The standard InChI is InChI=1S/C28H26Cl6N6S2.C10H12Cl2N4S2.C7H7Cl2N.CH4.2BrH/c29-21-3-1-17(5-23(21)31)9-39-13-35-27(36-14-39)41-11-19-7-25(33)26(34)8-20(19)12-42-28-37-15-40(16-38-28)10-18-2-4-22(30)24(32)6-18;11-7-1-5(3-17-9(13)14)6(2-8(7)12)4-18-10(15)16;8-6-2-1-5(4-10)3-7(6)9;;;/h1-8H,9-16H2,(H,35,36)(H,37,38);1-2H,3-4H2,(H3,13,14)(H3,15,16);1-3H,4,10H2;1H4;2*1H. The molecule has 7 rings (SSSR count). The molecule has 2 heterocycles. The molecule has 5 aromatic carbocycles. The molecule has 2 aliphatic heterocycles. The van der Waals surface area contributed by atoms with E-state index in [1.807, 2.05) is 54.6 Å². The van der Waals surface area contributed by atoms with Gasteiger partial charge in [0, 0.05) is 42.6 Å². The van der Waals surface area contributed by atoms with Gasteiger partial charge in [0.25, 0.3) is 0 Å². The van der Waals surface area contributed by atoms with Crippen molar-refractivity contribution in [3.05, 3.63) is 168 Å². The number of nitrogens with two attached hydrogens (primary N) is 3. The number of aliphatic imine (C=N–C) groups is 2. The van der Waals surface area contributed by atoms with Gasteiger partial charge in [-0.25, -0.2) is 9.98 Å². The molecule has 0 saturated heterocycles. The summed E-state index contributed by atoms with van der Waals surface area (Å²) >= 11 is 66.2. The molecule has 398 valence electrons. The Morgan fingerprint density at radius 3 is 1.07 bits per heavy atom. The highest BCUT2D eigenvalue weighted by molar-refractivity contribution is 8.93. The summed E-state index contributed by atoms with van der Waals surface area (Å²) in [4.78, 5) is 13.8. The predicted molar refractivity (Wildman–Crippen MR) is 338 cm³/mol. The van der Waals surface area contributed by atoms with Crippen LogP contribution in [-0.4, -0.2) is 57.1 Å². The molecule has 0 bridgehead atoms. The lowest BCUT2D eigenvalue weighted by atomic mass is 10.1. The van der Waals surface area contributed by atoms with Crippen LogP contribution in [0.2, 0.25) is 50.2 Å². The Bertz CT molecular complexity index is 2560. The van der Waals surface area contributed by atoms with E-state index in [9.17, 15) is 0 Å². The summed E-state index contributed by atoms with van der Waals surface area (Å²) < 4.78 is 0. The molecule has 27 heteroatoms. The molecule has 10 N–H and O–H groups in total. The van der Waals surface area contributed by atoms with Crippen molar-refractivity contribution in [1.82, 2.24) is 20.4 Å². The summed E-state index contributed by atoms with van der Waals surface area (Å²) in [5.74, 6) is 2.51. The summed E-state index contributed by atoms with van der Waals surface area (Å²) in [6.45, 7) is 4.50. The van der Waals surface area contributed by atoms with E-state index in [1.165, 1.54) is 23.5 Å². The highest BCUT2D eigenvalue weighted by Gasteiger charge is 2.18. The monoisotopic (exact) mass is 1390 g/mol. The lowest BCUT2D eigenvalue weighted by Crippen LogP contribution is -2.41. The van der Waals surface area contributed by atoms with E-state index in [0.717, 1.165) is 62.4 Å². The van der Waals surface area contributed by atoms with Gasteiger partial charge < -0.3 is 27.8 Å². The molecular formula is C46H51Br2Cl10N11S4. The summed E-state index contributed by atoms with van der Waals surface area (Å²) in [5, 5.41) is 28.5. The zero-order chi connectivity index (χ0) is 50.9. The maximum atomic E-state index is 7.20. The van der Waals surface area contributed by atoms with Gasteiger partial charge in [-0.05, 0) is 99.6 Å². The molecule has 0 spiro atoms. The number of thioether (sulfide) groups is 4. The first-order valence-electron chi connectivity index (χ1n) is 20.5. The van der Waals surface area contributed by atoms with Crippen molar-refractivity contribution in [3.8, 4) is 0 Å². The number of nitrogens with one attached hydrogen (secondary N) is 4. The molecule has 11 nitrogen and oxygen atoms in total. The molecule has 5 aromatic rings. The van der Waals surface area contributed by atoms with Crippen LogP contribution in [0.4, 0.5) is 0 Å². The van der Waals surface area contributed by atoms with Crippen molar-refractivity contribution in [1.29, 1.82) is 10.8 Å². The fraction of sp³-hybridized carbons (Fsp3) is 0.261. The molecule has 0 unspecified atom stereocenters. The van der Waals surface area contributed by atoms with Gasteiger partial charge in [-0.1, -0.05) is 189 Å². The lowest BCUT2D eigenvalue weighted by Gasteiger charge is -2.27. The van der Waals surface area contributed by atoms with E-state index in [4.69, 9.17) is 154 Å². The van der Waals surface area contributed by atoms with Crippen LogP contribution in [0.25, 0.3) is 0 Å². The second kappa shape index (κ2) is 34.9. The van der Waals surface area contributed by atoms with Gasteiger partial charge in [0.05, 0.1) is 76.9 Å². The van der Waals surface area contributed by atoms with Crippen LogP contribution < -0.4 is 27.8 Å². The van der Waals surface area contributed by atoms with Gasteiger partial charge in [-0.2, -0.15) is 0 Å². The smallest absolute Gasteiger partial charge is 0.159 e. The topological polar surface area (TPSA) is 181 Å². The number of nitrogens with zero attached hydrogens (tertiary/aromatic N) is 4. The van der Waals surface area contributed by atoms with E-state index in [2.05, 4.69) is 20.4 Å². The number of hydrogen-bond donors (Lipinski definition) is 7. The third-order valence-electron chi connectivity index (χ3n) is 9.72. The Kier molecular flexibility index (Phi) is 32.6. The maximum absolute atomic E-state index is 7.20. The highest BCUT2D eigenvalue weighted by atomic mass is 79.9.